The zero-order valence-electron chi connectivity index (χ0n) is 12.9. The third-order valence-corrected chi connectivity index (χ3v) is 4.51. The van der Waals surface area contributed by atoms with Crippen LogP contribution < -0.4 is 10.1 Å². The lowest BCUT2D eigenvalue weighted by atomic mass is 9.78. The SMILES string of the molecule is CNC(c1c(OC)cnn1C(C)C)C1(C)CCCC1. The molecule has 1 aliphatic rings. The standard InChI is InChI=1S/C15H27N3O/c1-11(2)18-13(12(19-5)10-17-18)14(16-4)15(3)8-6-7-9-15/h10-11,14,16H,6-9H2,1-5H3. The Kier molecular flexibility index (Phi) is 4.19. The zero-order chi connectivity index (χ0) is 14.0. The molecule has 108 valence electrons. The molecule has 1 fully saturated rings. The average Bonchev–Trinajstić information content (AvgIpc) is 2.97. The quantitative estimate of drug-likeness (QED) is 0.887. The average molecular weight is 265 g/mol. The predicted molar refractivity (Wildman–Crippen MR) is 77.5 cm³/mol. The summed E-state index contributed by atoms with van der Waals surface area (Å²) < 4.78 is 7.64. The highest BCUT2D eigenvalue weighted by Crippen LogP contribution is 2.49. The van der Waals surface area contributed by atoms with Gasteiger partial charge in [-0.3, -0.25) is 4.68 Å². The van der Waals surface area contributed by atoms with E-state index in [0.29, 0.717) is 17.5 Å². The minimum absolute atomic E-state index is 0.300. The zero-order valence-corrected chi connectivity index (χ0v) is 12.9. The second-order valence-electron chi connectivity index (χ2n) is 6.22. The summed E-state index contributed by atoms with van der Waals surface area (Å²) in [4.78, 5) is 0. The van der Waals surface area contributed by atoms with E-state index < -0.39 is 0 Å². The van der Waals surface area contributed by atoms with Crippen LogP contribution in [0.2, 0.25) is 0 Å². The van der Waals surface area contributed by atoms with Gasteiger partial charge in [0, 0.05) is 6.04 Å². The third kappa shape index (κ3) is 2.50. The maximum absolute atomic E-state index is 5.54. The highest BCUT2D eigenvalue weighted by atomic mass is 16.5. The van der Waals surface area contributed by atoms with Crippen molar-refractivity contribution >= 4 is 0 Å². The molecule has 1 atom stereocenters. The van der Waals surface area contributed by atoms with Crippen LogP contribution in [0.15, 0.2) is 6.20 Å². The lowest BCUT2D eigenvalue weighted by Gasteiger charge is -2.35. The highest BCUT2D eigenvalue weighted by molar-refractivity contribution is 5.30. The minimum atomic E-state index is 0.300. The fraction of sp³-hybridized carbons (Fsp3) is 0.800. The van der Waals surface area contributed by atoms with Gasteiger partial charge in [-0.05, 0) is 39.2 Å². The molecule has 1 aromatic rings. The smallest absolute Gasteiger partial charge is 0.161 e. The number of nitrogens with zero attached hydrogens (tertiary/aromatic N) is 2. The lowest BCUT2D eigenvalue weighted by molar-refractivity contribution is 0.215. The van der Waals surface area contributed by atoms with Crippen molar-refractivity contribution in [2.45, 2.75) is 58.5 Å². The molecule has 0 bridgehead atoms. The highest BCUT2D eigenvalue weighted by Gasteiger charge is 2.40. The van der Waals surface area contributed by atoms with Crippen LogP contribution in [-0.2, 0) is 0 Å². The summed E-state index contributed by atoms with van der Waals surface area (Å²) in [6.07, 6.45) is 7.04. The Morgan fingerprint density at radius 1 is 1.37 bits per heavy atom. The number of ether oxygens (including phenoxy) is 1. The molecule has 2 rings (SSSR count). The molecule has 1 unspecified atom stereocenters. The molecule has 4 heteroatoms. The molecule has 0 amide bonds. The van der Waals surface area contributed by atoms with Gasteiger partial charge in [-0.15, -0.1) is 0 Å². The first kappa shape index (κ1) is 14.4. The minimum Gasteiger partial charge on any atom is -0.493 e. The van der Waals surface area contributed by atoms with Crippen LogP contribution in [0.25, 0.3) is 0 Å². The van der Waals surface area contributed by atoms with Crippen molar-refractivity contribution in [1.29, 1.82) is 0 Å². The van der Waals surface area contributed by atoms with Gasteiger partial charge in [-0.1, -0.05) is 19.8 Å². The van der Waals surface area contributed by atoms with E-state index in [1.165, 1.54) is 31.4 Å². The van der Waals surface area contributed by atoms with Gasteiger partial charge in [-0.2, -0.15) is 5.10 Å². The molecule has 1 heterocycles. The van der Waals surface area contributed by atoms with E-state index in [0.717, 1.165) is 5.75 Å². The summed E-state index contributed by atoms with van der Waals surface area (Å²) in [5, 5.41) is 8.03. The molecule has 19 heavy (non-hydrogen) atoms. The Morgan fingerprint density at radius 2 is 2.00 bits per heavy atom. The van der Waals surface area contributed by atoms with Crippen LogP contribution >= 0.6 is 0 Å². The molecular weight excluding hydrogens is 238 g/mol. The number of rotatable bonds is 5. The van der Waals surface area contributed by atoms with Gasteiger partial charge in [0.1, 0.15) is 0 Å². The summed E-state index contributed by atoms with van der Waals surface area (Å²) in [6.45, 7) is 6.72. The summed E-state index contributed by atoms with van der Waals surface area (Å²) >= 11 is 0. The number of hydrogen-bond acceptors (Lipinski definition) is 3. The maximum Gasteiger partial charge on any atom is 0.161 e. The molecule has 0 saturated heterocycles. The summed E-state index contributed by atoms with van der Waals surface area (Å²) in [5.74, 6) is 0.904. The van der Waals surface area contributed by atoms with Crippen LogP contribution in [0.1, 0.15) is 64.2 Å². The number of methoxy groups -OCH3 is 1. The van der Waals surface area contributed by atoms with E-state index >= 15 is 0 Å². The summed E-state index contributed by atoms with van der Waals surface area (Å²) in [6, 6.07) is 0.648. The molecule has 1 aliphatic carbocycles. The number of aromatic nitrogens is 2. The van der Waals surface area contributed by atoms with Gasteiger partial charge in [0.05, 0.1) is 25.0 Å². The van der Waals surface area contributed by atoms with Crippen LogP contribution in [0.4, 0.5) is 0 Å². The molecule has 0 spiro atoms. The van der Waals surface area contributed by atoms with Gasteiger partial charge in [0.2, 0.25) is 0 Å². The van der Waals surface area contributed by atoms with Gasteiger partial charge in [-0.25, -0.2) is 0 Å². The molecule has 4 nitrogen and oxygen atoms in total. The van der Waals surface area contributed by atoms with E-state index in [1.807, 2.05) is 13.2 Å². The predicted octanol–water partition coefficient (Wildman–Crippen LogP) is 3.31. The Bertz CT molecular complexity index is 419. The van der Waals surface area contributed by atoms with Crippen LogP contribution in [-0.4, -0.2) is 23.9 Å². The van der Waals surface area contributed by atoms with Gasteiger partial charge in [0.25, 0.3) is 0 Å². The van der Waals surface area contributed by atoms with Crippen molar-refractivity contribution in [3.63, 3.8) is 0 Å². The molecule has 0 radical (unpaired) electrons. The largest absolute Gasteiger partial charge is 0.493 e. The van der Waals surface area contributed by atoms with Crippen molar-refractivity contribution in [3.05, 3.63) is 11.9 Å². The van der Waals surface area contributed by atoms with E-state index in [2.05, 4.69) is 35.9 Å². The van der Waals surface area contributed by atoms with Crippen molar-refractivity contribution in [2.24, 2.45) is 5.41 Å². The molecule has 1 N–H and O–H groups in total. The lowest BCUT2D eigenvalue weighted by Crippen LogP contribution is -2.34. The fourth-order valence-electron chi connectivity index (χ4n) is 3.49. The van der Waals surface area contributed by atoms with Gasteiger partial charge >= 0.3 is 0 Å². The van der Waals surface area contributed by atoms with Gasteiger partial charge < -0.3 is 10.1 Å². The normalized spacial score (nSPS) is 19.9. The molecule has 0 aliphatic heterocycles. The second kappa shape index (κ2) is 5.53. The van der Waals surface area contributed by atoms with Crippen molar-refractivity contribution in [3.8, 4) is 5.75 Å². The summed E-state index contributed by atoms with van der Waals surface area (Å²) in [5.41, 5.74) is 1.50. The molecule has 1 saturated carbocycles. The molecule has 0 aromatic carbocycles. The first-order valence-corrected chi connectivity index (χ1v) is 7.32. The fourth-order valence-corrected chi connectivity index (χ4v) is 3.49. The Morgan fingerprint density at radius 3 is 2.47 bits per heavy atom. The van der Waals surface area contributed by atoms with Crippen molar-refractivity contribution < 1.29 is 4.74 Å². The molecule has 1 aromatic heterocycles. The summed E-state index contributed by atoms with van der Waals surface area (Å²) in [7, 11) is 3.78. The number of nitrogens with one attached hydrogen (secondary N) is 1. The van der Waals surface area contributed by atoms with Crippen LogP contribution in [0, 0.1) is 5.41 Å². The van der Waals surface area contributed by atoms with Gasteiger partial charge in [0.15, 0.2) is 5.75 Å². The Labute approximate surface area is 116 Å². The number of hydrogen-bond donors (Lipinski definition) is 1. The first-order chi connectivity index (χ1) is 9.03. The third-order valence-electron chi connectivity index (χ3n) is 4.51. The van der Waals surface area contributed by atoms with Crippen LogP contribution in [0.5, 0.6) is 5.75 Å². The monoisotopic (exact) mass is 265 g/mol. The first-order valence-electron chi connectivity index (χ1n) is 7.32. The van der Waals surface area contributed by atoms with E-state index in [4.69, 9.17) is 4.74 Å². The van der Waals surface area contributed by atoms with E-state index in [-0.39, 0.29) is 0 Å². The topological polar surface area (TPSA) is 39.1 Å². The Balaban J connectivity index is 2.44. The maximum atomic E-state index is 5.54. The van der Waals surface area contributed by atoms with Crippen LogP contribution in [0.3, 0.4) is 0 Å². The van der Waals surface area contributed by atoms with E-state index in [1.54, 1.807) is 7.11 Å². The second-order valence-corrected chi connectivity index (χ2v) is 6.22. The molecular formula is C15H27N3O. The Hall–Kier alpha value is -1.03. The van der Waals surface area contributed by atoms with E-state index in [9.17, 15) is 0 Å². The van der Waals surface area contributed by atoms with Crippen molar-refractivity contribution in [2.75, 3.05) is 14.2 Å². The van der Waals surface area contributed by atoms with Crippen molar-refractivity contribution in [1.82, 2.24) is 15.1 Å².